The maximum Gasteiger partial charge on any atom is 0.222 e. The van der Waals surface area contributed by atoms with Gasteiger partial charge in [0.05, 0.1) is 5.52 Å². The molecule has 1 aromatic carbocycles. The number of nitrogens with one attached hydrogen (secondary N) is 1. The van der Waals surface area contributed by atoms with E-state index >= 15 is 0 Å². The largest absolute Gasteiger partial charge is 0.383 e. The van der Waals surface area contributed by atoms with E-state index < -0.39 is 0 Å². The van der Waals surface area contributed by atoms with Crippen LogP contribution in [-0.2, 0) is 0 Å². The zero-order chi connectivity index (χ0) is 13.2. The van der Waals surface area contributed by atoms with Gasteiger partial charge in [0.25, 0.3) is 0 Å². The molecule has 0 aliphatic heterocycles. The van der Waals surface area contributed by atoms with Crippen molar-refractivity contribution in [2.45, 2.75) is 0 Å². The van der Waals surface area contributed by atoms with Crippen molar-refractivity contribution in [2.24, 2.45) is 0 Å². The summed E-state index contributed by atoms with van der Waals surface area (Å²) in [6, 6.07) is 5.82. The summed E-state index contributed by atoms with van der Waals surface area (Å²) in [6.07, 6.45) is 4.99. The van der Waals surface area contributed by atoms with Crippen molar-refractivity contribution in [1.29, 1.82) is 0 Å². The zero-order valence-electron chi connectivity index (χ0n) is 10.3. The molecule has 3 aromatic rings. The van der Waals surface area contributed by atoms with Crippen LogP contribution in [0.4, 0.5) is 11.8 Å². The van der Waals surface area contributed by atoms with E-state index in [-0.39, 0.29) is 0 Å². The van der Waals surface area contributed by atoms with E-state index in [0.29, 0.717) is 11.8 Å². The molecular weight excluding hydrogens is 240 g/mol. The number of benzene rings is 1. The molecular formula is C13H12N6. The lowest BCUT2D eigenvalue weighted by molar-refractivity contribution is 1.15. The van der Waals surface area contributed by atoms with Crippen LogP contribution in [0.25, 0.3) is 22.0 Å². The Morgan fingerprint density at radius 2 is 1.79 bits per heavy atom. The number of aromatic nitrogens is 4. The van der Waals surface area contributed by atoms with Crippen molar-refractivity contribution >= 4 is 22.7 Å². The molecule has 6 nitrogen and oxygen atoms in total. The Hall–Kier alpha value is -2.76. The monoisotopic (exact) mass is 252 g/mol. The Labute approximate surface area is 109 Å². The fourth-order valence-electron chi connectivity index (χ4n) is 1.86. The summed E-state index contributed by atoms with van der Waals surface area (Å²) < 4.78 is 0. The number of nitrogens with two attached hydrogens (primary N) is 1. The molecule has 0 unspecified atom stereocenters. The van der Waals surface area contributed by atoms with Gasteiger partial charge >= 0.3 is 0 Å². The van der Waals surface area contributed by atoms with Crippen LogP contribution in [0.2, 0.25) is 0 Å². The first-order chi connectivity index (χ1) is 9.28. The van der Waals surface area contributed by atoms with Gasteiger partial charge in [0.15, 0.2) is 0 Å². The van der Waals surface area contributed by atoms with Gasteiger partial charge in [-0.05, 0) is 17.7 Å². The van der Waals surface area contributed by atoms with Crippen LogP contribution in [0.15, 0.2) is 36.9 Å². The highest BCUT2D eigenvalue weighted by Gasteiger charge is 2.04. The Bertz CT molecular complexity index is 723. The summed E-state index contributed by atoms with van der Waals surface area (Å²) in [5, 5.41) is 3.71. The van der Waals surface area contributed by atoms with E-state index in [1.165, 1.54) is 6.33 Å². The van der Waals surface area contributed by atoms with Gasteiger partial charge in [0, 0.05) is 30.4 Å². The van der Waals surface area contributed by atoms with E-state index in [9.17, 15) is 0 Å². The van der Waals surface area contributed by atoms with Crippen molar-refractivity contribution in [3.63, 3.8) is 0 Å². The Balaban J connectivity index is 2.11. The molecule has 2 heterocycles. The van der Waals surface area contributed by atoms with Crippen LogP contribution < -0.4 is 11.1 Å². The summed E-state index contributed by atoms with van der Waals surface area (Å²) >= 11 is 0. The molecule has 0 aliphatic rings. The number of hydrogen-bond donors (Lipinski definition) is 2. The van der Waals surface area contributed by atoms with Crippen molar-refractivity contribution in [2.75, 3.05) is 18.1 Å². The second kappa shape index (κ2) is 4.49. The average molecular weight is 252 g/mol. The Morgan fingerprint density at radius 3 is 2.53 bits per heavy atom. The Kier molecular flexibility index (Phi) is 2.68. The maximum atomic E-state index is 5.86. The predicted molar refractivity (Wildman–Crippen MR) is 74.5 cm³/mol. The molecule has 0 amide bonds. The van der Waals surface area contributed by atoms with Gasteiger partial charge in [-0.2, -0.15) is 0 Å². The molecule has 0 bridgehead atoms. The number of fused-ring (bicyclic) bond motifs is 1. The lowest BCUT2D eigenvalue weighted by Gasteiger charge is -2.05. The smallest absolute Gasteiger partial charge is 0.222 e. The van der Waals surface area contributed by atoms with E-state index in [1.807, 2.05) is 18.2 Å². The summed E-state index contributed by atoms with van der Waals surface area (Å²) in [5.74, 6) is 1.06. The fraction of sp³-hybridized carbons (Fsp3) is 0.0769. The zero-order valence-corrected chi connectivity index (χ0v) is 10.3. The number of nitrogen functional groups attached to an aromatic ring is 1. The third kappa shape index (κ3) is 2.03. The third-order valence-electron chi connectivity index (χ3n) is 2.87. The van der Waals surface area contributed by atoms with Gasteiger partial charge in [-0.15, -0.1) is 0 Å². The molecule has 6 heteroatoms. The summed E-state index contributed by atoms with van der Waals surface area (Å²) in [6.45, 7) is 0. The van der Waals surface area contributed by atoms with Crippen molar-refractivity contribution in [1.82, 2.24) is 19.9 Å². The van der Waals surface area contributed by atoms with Gasteiger partial charge in [-0.3, -0.25) is 0 Å². The molecule has 3 rings (SSSR count). The molecule has 0 aliphatic carbocycles. The SMILES string of the molecule is CNc1ncc(-c2ccc3ncnc(N)c3c2)cn1. The quantitative estimate of drug-likeness (QED) is 0.721. The minimum Gasteiger partial charge on any atom is -0.383 e. The highest BCUT2D eigenvalue weighted by molar-refractivity contribution is 5.91. The number of nitrogens with zero attached hydrogens (tertiary/aromatic N) is 4. The van der Waals surface area contributed by atoms with Gasteiger partial charge < -0.3 is 11.1 Å². The first-order valence-electron chi connectivity index (χ1n) is 5.78. The lowest BCUT2D eigenvalue weighted by Crippen LogP contribution is -1.96. The van der Waals surface area contributed by atoms with Crippen LogP contribution >= 0.6 is 0 Å². The highest BCUT2D eigenvalue weighted by Crippen LogP contribution is 2.24. The van der Waals surface area contributed by atoms with E-state index in [0.717, 1.165) is 22.0 Å². The normalized spacial score (nSPS) is 10.6. The van der Waals surface area contributed by atoms with Crippen LogP contribution in [0, 0.1) is 0 Å². The van der Waals surface area contributed by atoms with Crippen molar-refractivity contribution < 1.29 is 0 Å². The maximum absolute atomic E-state index is 5.86. The number of hydrogen-bond acceptors (Lipinski definition) is 6. The number of rotatable bonds is 2. The molecule has 2 aromatic heterocycles. The third-order valence-corrected chi connectivity index (χ3v) is 2.87. The average Bonchev–Trinajstić information content (AvgIpc) is 2.47. The molecule has 0 radical (unpaired) electrons. The van der Waals surface area contributed by atoms with Crippen molar-refractivity contribution in [3.05, 3.63) is 36.9 Å². The Morgan fingerprint density at radius 1 is 1.00 bits per heavy atom. The van der Waals surface area contributed by atoms with Crippen molar-refractivity contribution in [3.8, 4) is 11.1 Å². The first-order valence-corrected chi connectivity index (χ1v) is 5.78. The van der Waals surface area contributed by atoms with E-state index in [2.05, 4.69) is 25.3 Å². The van der Waals surface area contributed by atoms with E-state index in [4.69, 9.17) is 5.73 Å². The van der Waals surface area contributed by atoms with E-state index in [1.54, 1.807) is 19.4 Å². The van der Waals surface area contributed by atoms with Gasteiger partial charge in [-0.1, -0.05) is 6.07 Å². The fourth-order valence-corrected chi connectivity index (χ4v) is 1.86. The van der Waals surface area contributed by atoms with Gasteiger partial charge in [0.1, 0.15) is 12.1 Å². The van der Waals surface area contributed by atoms with Gasteiger partial charge in [-0.25, -0.2) is 19.9 Å². The molecule has 0 saturated heterocycles. The van der Waals surface area contributed by atoms with Crippen LogP contribution in [0.3, 0.4) is 0 Å². The minimum atomic E-state index is 0.472. The minimum absolute atomic E-state index is 0.472. The van der Waals surface area contributed by atoms with Crippen LogP contribution in [0.1, 0.15) is 0 Å². The molecule has 0 atom stereocenters. The van der Waals surface area contributed by atoms with Crippen LogP contribution in [0.5, 0.6) is 0 Å². The second-order valence-corrected chi connectivity index (χ2v) is 4.04. The first kappa shape index (κ1) is 11.3. The molecule has 0 saturated carbocycles. The van der Waals surface area contributed by atoms with Crippen LogP contribution in [-0.4, -0.2) is 27.0 Å². The molecule has 0 fully saturated rings. The van der Waals surface area contributed by atoms with Gasteiger partial charge in [0.2, 0.25) is 5.95 Å². The summed E-state index contributed by atoms with van der Waals surface area (Å²) in [4.78, 5) is 16.5. The molecule has 0 spiro atoms. The highest BCUT2D eigenvalue weighted by atomic mass is 15.1. The molecule has 3 N–H and O–H groups in total. The number of anilines is 2. The molecule has 94 valence electrons. The topological polar surface area (TPSA) is 89.6 Å². The lowest BCUT2D eigenvalue weighted by atomic mass is 10.1. The summed E-state index contributed by atoms with van der Waals surface area (Å²) in [5.41, 5.74) is 8.58. The summed E-state index contributed by atoms with van der Waals surface area (Å²) in [7, 11) is 1.78. The second-order valence-electron chi connectivity index (χ2n) is 4.04. The molecule has 19 heavy (non-hydrogen) atoms. The standard InChI is InChI=1S/C13H12N6/c1-15-13-16-5-9(6-17-13)8-2-3-11-10(4-8)12(14)19-7-18-11/h2-7H,1H3,(H2,14,18,19)(H,15,16,17). The predicted octanol–water partition coefficient (Wildman–Crippen LogP) is 1.71.